The maximum absolute atomic E-state index is 14.2. The number of sulfonamides is 1. The summed E-state index contributed by atoms with van der Waals surface area (Å²) in [6.45, 7) is 6.24. The van der Waals surface area contributed by atoms with Crippen LogP contribution in [0, 0.1) is 0 Å². The van der Waals surface area contributed by atoms with Crippen molar-refractivity contribution in [1.29, 1.82) is 0 Å². The summed E-state index contributed by atoms with van der Waals surface area (Å²) < 4.78 is 29.8. The Bertz CT molecular complexity index is 1600. The molecular weight excluding hydrogens is 627 g/mol. The quantitative estimate of drug-likeness (QED) is 0.238. The van der Waals surface area contributed by atoms with Gasteiger partial charge in [-0.3, -0.25) is 9.10 Å². The van der Waals surface area contributed by atoms with Crippen molar-refractivity contribution in [3.63, 3.8) is 0 Å². The molecule has 1 N–H and O–H groups in total. The van der Waals surface area contributed by atoms with Crippen molar-refractivity contribution in [3.8, 4) is 11.1 Å². The fourth-order valence-electron chi connectivity index (χ4n) is 7.24. The summed E-state index contributed by atoms with van der Waals surface area (Å²) in [6.07, 6.45) is 7.37. The summed E-state index contributed by atoms with van der Waals surface area (Å²) in [5.41, 5.74) is 3.69. The Labute approximate surface area is 277 Å². The van der Waals surface area contributed by atoms with Gasteiger partial charge in [-0.05, 0) is 99.7 Å². The highest BCUT2D eigenvalue weighted by Crippen LogP contribution is 2.47. The molecular formula is C35H42Cl2N4O3S. The van der Waals surface area contributed by atoms with Crippen LogP contribution in [0.3, 0.4) is 0 Å². The number of para-hydroxylation sites is 1. The molecule has 45 heavy (non-hydrogen) atoms. The van der Waals surface area contributed by atoms with Gasteiger partial charge < -0.3 is 15.1 Å². The third-order valence-electron chi connectivity index (χ3n) is 9.48. The average molecular weight is 670 g/mol. The molecule has 3 aliphatic heterocycles. The number of nitrogens with zero attached hydrogens (tertiary/aromatic N) is 3. The zero-order valence-corrected chi connectivity index (χ0v) is 28.0. The molecule has 10 heteroatoms. The van der Waals surface area contributed by atoms with E-state index in [9.17, 15) is 13.2 Å². The van der Waals surface area contributed by atoms with Crippen LogP contribution in [0.15, 0.2) is 66.7 Å². The van der Waals surface area contributed by atoms with Crippen molar-refractivity contribution in [2.24, 2.45) is 0 Å². The van der Waals surface area contributed by atoms with Gasteiger partial charge in [0.2, 0.25) is 15.9 Å². The maximum atomic E-state index is 14.2. The number of carbonyl (C=O) groups excluding carboxylic acids is 1. The lowest BCUT2D eigenvalue weighted by molar-refractivity contribution is -0.121. The number of carbonyl (C=O) groups is 1. The van der Waals surface area contributed by atoms with Crippen LogP contribution in [0.1, 0.15) is 62.1 Å². The lowest BCUT2D eigenvalue weighted by Crippen LogP contribution is -2.47. The van der Waals surface area contributed by atoms with E-state index in [0.29, 0.717) is 27.8 Å². The molecule has 1 unspecified atom stereocenters. The maximum Gasteiger partial charge on any atom is 0.239 e. The lowest BCUT2D eigenvalue weighted by atomic mass is 9.88. The van der Waals surface area contributed by atoms with Gasteiger partial charge in [0.15, 0.2) is 0 Å². The first-order chi connectivity index (χ1) is 21.8. The molecule has 0 aliphatic carbocycles. The highest BCUT2D eigenvalue weighted by Gasteiger charge is 2.39. The molecule has 3 heterocycles. The standard InChI is InChI=1S/C35H42Cl2N4O3S/c36-31-14-13-26(23-32(31)37)25-45(43,44)41-33-12-5-4-10-29(33)28-9-2-3-11-30(28)34(41)24-35(42)38-17-8-18-39-21-15-27(16-22-39)40-19-6-1-7-20-40/h2-5,9-14,23,27,34H,1,6-8,15-22,24-25H2,(H,38,42). The van der Waals surface area contributed by atoms with Crippen LogP contribution >= 0.6 is 23.2 Å². The van der Waals surface area contributed by atoms with Crippen molar-refractivity contribution in [2.75, 3.05) is 43.6 Å². The molecule has 1 amide bonds. The smallest absolute Gasteiger partial charge is 0.239 e. The molecule has 240 valence electrons. The number of fused-ring (bicyclic) bond motifs is 3. The highest BCUT2D eigenvalue weighted by atomic mass is 35.5. The molecule has 0 spiro atoms. The summed E-state index contributed by atoms with van der Waals surface area (Å²) in [7, 11) is -3.93. The van der Waals surface area contributed by atoms with Gasteiger partial charge in [0, 0.05) is 18.2 Å². The predicted octanol–water partition coefficient (Wildman–Crippen LogP) is 6.90. The number of hydrogen-bond acceptors (Lipinski definition) is 5. The van der Waals surface area contributed by atoms with E-state index in [0.717, 1.165) is 48.8 Å². The summed E-state index contributed by atoms with van der Waals surface area (Å²) in [5, 5.41) is 3.76. The first-order valence-corrected chi connectivity index (χ1v) is 18.5. The van der Waals surface area contributed by atoms with E-state index in [4.69, 9.17) is 23.2 Å². The first-order valence-electron chi connectivity index (χ1n) is 16.2. The fraction of sp³-hybridized carbons (Fsp3) is 0.457. The van der Waals surface area contributed by atoms with Gasteiger partial charge in [-0.1, -0.05) is 78.2 Å². The molecule has 0 saturated carbocycles. The zero-order valence-electron chi connectivity index (χ0n) is 25.6. The second kappa shape index (κ2) is 14.4. The molecule has 1 atom stereocenters. The van der Waals surface area contributed by atoms with Crippen LogP contribution in [0.4, 0.5) is 5.69 Å². The van der Waals surface area contributed by atoms with E-state index in [2.05, 4.69) is 15.1 Å². The number of anilines is 1. The van der Waals surface area contributed by atoms with Crippen LogP contribution in [0.25, 0.3) is 11.1 Å². The van der Waals surface area contributed by atoms with Crippen LogP contribution in [-0.4, -0.2) is 69.4 Å². The van der Waals surface area contributed by atoms with Crippen LogP contribution < -0.4 is 9.62 Å². The Morgan fingerprint density at radius 3 is 2.31 bits per heavy atom. The Kier molecular flexibility index (Phi) is 10.4. The second-order valence-corrected chi connectivity index (χ2v) is 15.2. The number of rotatable bonds is 10. The minimum absolute atomic E-state index is 0.0210. The van der Waals surface area contributed by atoms with Gasteiger partial charge in [0.1, 0.15) is 0 Å². The van der Waals surface area contributed by atoms with Crippen molar-refractivity contribution in [1.82, 2.24) is 15.1 Å². The van der Waals surface area contributed by atoms with Crippen LogP contribution in [-0.2, 0) is 20.6 Å². The first kappa shape index (κ1) is 32.3. The van der Waals surface area contributed by atoms with Crippen molar-refractivity contribution < 1.29 is 13.2 Å². The molecule has 2 saturated heterocycles. The SMILES string of the molecule is O=C(CC1c2ccccc2-c2ccccc2N1S(=O)(=O)Cc1ccc(Cl)c(Cl)c1)NCCCN1CCC(N2CCCCC2)CC1. The van der Waals surface area contributed by atoms with Gasteiger partial charge in [0.05, 0.1) is 33.9 Å². The van der Waals surface area contributed by atoms with Gasteiger partial charge in [0.25, 0.3) is 0 Å². The number of amides is 1. The summed E-state index contributed by atoms with van der Waals surface area (Å²) >= 11 is 12.3. The highest BCUT2D eigenvalue weighted by molar-refractivity contribution is 7.92. The number of halogens is 2. The predicted molar refractivity (Wildman–Crippen MR) is 183 cm³/mol. The molecule has 7 nitrogen and oxygen atoms in total. The third-order valence-corrected chi connectivity index (χ3v) is 12.0. The summed E-state index contributed by atoms with van der Waals surface area (Å²) in [4.78, 5) is 18.6. The van der Waals surface area contributed by atoms with Crippen molar-refractivity contribution in [2.45, 2.75) is 62.8 Å². The topological polar surface area (TPSA) is 73.0 Å². The number of piperidine rings is 2. The minimum atomic E-state index is -3.93. The normalized spacial score (nSPS) is 19.6. The molecule has 3 aromatic carbocycles. The van der Waals surface area contributed by atoms with E-state index in [1.807, 2.05) is 48.5 Å². The van der Waals surface area contributed by atoms with E-state index < -0.39 is 16.1 Å². The molecule has 3 aromatic rings. The van der Waals surface area contributed by atoms with E-state index >= 15 is 0 Å². The zero-order chi connectivity index (χ0) is 31.4. The molecule has 3 aliphatic rings. The summed E-state index contributed by atoms with van der Waals surface area (Å²) in [5.74, 6) is -0.430. The number of hydrogen-bond donors (Lipinski definition) is 1. The largest absolute Gasteiger partial charge is 0.356 e. The Hall–Kier alpha value is -2.62. The molecule has 0 bridgehead atoms. The number of likely N-dealkylation sites (tertiary alicyclic amines) is 2. The van der Waals surface area contributed by atoms with E-state index in [1.54, 1.807) is 18.2 Å². The van der Waals surface area contributed by atoms with Gasteiger partial charge in [-0.25, -0.2) is 8.42 Å². The fourth-order valence-corrected chi connectivity index (χ4v) is 9.33. The van der Waals surface area contributed by atoms with Gasteiger partial charge >= 0.3 is 0 Å². The number of nitrogens with one attached hydrogen (secondary N) is 1. The third kappa shape index (κ3) is 7.52. The summed E-state index contributed by atoms with van der Waals surface area (Å²) in [6, 6.07) is 20.2. The molecule has 0 aromatic heterocycles. The monoisotopic (exact) mass is 668 g/mol. The van der Waals surface area contributed by atoms with Crippen LogP contribution in [0.5, 0.6) is 0 Å². The van der Waals surface area contributed by atoms with Crippen molar-refractivity contribution >= 4 is 44.8 Å². The molecule has 6 rings (SSSR count). The molecule has 0 radical (unpaired) electrons. The van der Waals surface area contributed by atoms with Crippen LogP contribution in [0.2, 0.25) is 10.0 Å². The Morgan fingerprint density at radius 1 is 0.844 bits per heavy atom. The van der Waals surface area contributed by atoms with Crippen molar-refractivity contribution in [3.05, 3.63) is 87.9 Å². The van der Waals surface area contributed by atoms with E-state index in [1.165, 1.54) is 49.5 Å². The second-order valence-electron chi connectivity index (χ2n) is 12.5. The number of benzene rings is 3. The average Bonchev–Trinajstić information content (AvgIpc) is 3.05. The lowest BCUT2D eigenvalue weighted by Gasteiger charge is -2.40. The minimum Gasteiger partial charge on any atom is -0.356 e. The van der Waals surface area contributed by atoms with Gasteiger partial charge in [-0.2, -0.15) is 0 Å². The van der Waals surface area contributed by atoms with E-state index in [-0.39, 0.29) is 18.1 Å². The van der Waals surface area contributed by atoms with Gasteiger partial charge in [-0.15, -0.1) is 0 Å². The Morgan fingerprint density at radius 2 is 1.56 bits per heavy atom. The molecule has 2 fully saturated rings. The Balaban J connectivity index is 1.12.